The number of epoxide rings is 1. The standard InChI is InChI=1S/C18H22N2O6/c21-16(14-15(26-14)18(23)24)19-13(7-6-12-4-2-1-3-5-12)17(22)20-8-10-25-11-9-20/h1-5,13-15H,6-11H2,(H,19,21)(H,23,24)/t13-,14-,15-/m0/s1. The van der Waals surface area contributed by atoms with Gasteiger partial charge in [0, 0.05) is 13.1 Å². The van der Waals surface area contributed by atoms with Gasteiger partial charge in [0.1, 0.15) is 6.04 Å². The van der Waals surface area contributed by atoms with Crippen LogP contribution in [0, 0.1) is 0 Å². The van der Waals surface area contributed by atoms with Gasteiger partial charge in [0.2, 0.25) is 5.91 Å². The Labute approximate surface area is 151 Å². The minimum Gasteiger partial charge on any atom is -0.479 e. The van der Waals surface area contributed by atoms with E-state index in [0.717, 1.165) is 5.56 Å². The van der Waals surface area contributed by atoms with E-state index in [9.17, 15) is 14.4 Å². The van der Waals surface area contributed by atoms with Crippen LogP contribution >= 0.6 is 0 Å². The normalized spacial score (nSPS) is 23.2. The highest BCUT2D eigenvalue weighted by atomic mass is 16.6. The number of carboxylic acids is 1. The lowest BCUT2D eigenvalue weighted by Crippen LogP contribution is -2.52. The molecule has 0 unspecified atom stereocenters. The third-order valence-electron chi connectivity index (χ3n) is 4.50. The molecule has 8 nitrogen and oxygen atoms in total. The van der Waals surface area contributed by atoms with Gasteiger partial charge in [-0.3, -0.25) is 9.59 Å². The first-order chi connectivity index (χ1) is 12.6. The molecule has 2 heterocycles. The van der Waals surface area contributed by atoms with E-state index >= 15 is 0 Å². The summed E-state index contributed by atoms with van der Waals surface area (Å²) in [4.78, 5) is 37.6. The maximum Gasteiger partial charge on any atom is 0.336 e. The van der Waals surface area contributed by atoms with Gasteiger partial charge in [-0.05, 0) is 18.4 Å². The lowest BCUT2D eigenvalue weighted by molar-refractivity contribution is -0.140. The van der Waals surface area contributed by atoms with Crippen molar-refractivity contribution in [2.24, 2.45) is 0 Å². The van der Waals surface area contributed by atoms with Gasteiger partial charge in [0.25, 0.3) is 5.91 Å². The number of hydrogen-bond acceptors (Lipinski definition) is 5. The first-order valence-corrected chi connectivity index (χ1v) is 8.65. The maximum atomic E-state index is 12.8. The summed E-state index contributed by atoms with van der Waals surface area (Å²) in [6.07, 6.45) is -1.10. The molecule has 140 valence electrons. The molecular weight excluding hydrogens is 340 g/mol. The summed E-state index contributed by atoms with van der Waals surface area (Å²) in [5.74, 6) is -1.91. The molecule has 2 fully saturated rings. The Morgan fingerprint density at radius 1 is 1.15 bits per heavy atom. The zero-order valence-corrected chi connectivity index (χ0v) is 14.3. The Morgan fingerprint density at radius 3 is 2.46 bits per heavy atom. The van der Waals surface area contributed by atoms with Crippen LogP contribution in [0.2, 0.25) is 0 Å². The number of rotatable bonds is 7. The number of morpholine rings is 1. The number of nitrogens with zero attached hydrogens (tertiary/aromatic N) is 1. The van der Waals surface area contributed by atoms with Gasteiger partial charge in [0.05, 0.1) is 13.2 Å². The molecule has 1 aromatic rings. The van der Waals surface area contributed by atoms with E-state index in [0.29, 0.717) is 39.1 Å². The highest BCUT2D eigenvalue weighted by Gasteiger charge is 2.51. The molecule has 0 aromatic heterocycles. The van der Waals surface area contributed by atoms with Crippen LogP contribution in [0.4, 0.5) is 0 Å². The molecule has 2 saturated heterocycles. The summed E-state index contributed by atoms with van der Waals surface area (Å²) < 4.78 is 10.1. The molecule has 26 heavy (non-hydrogen) atoms. The van der Waals surface area contributed by atoms with Crippen molar-refractivity contribution in [2.45, 2.75) is 31.1 Å². The third kappa shape index (κ3) is 4.59. The summed E-state index contributed by atoms with van der Waals surface area (Å²) in [7, 11) is 0. The Bertz CT molecular complexity index is 659. The number of nitrogens with one attached hydrogen (secondary N) is 1. The second-order valence-corrected chi connectivity index (χ2v) is 6.34. The van der Waals surface area contributed by atoms with Crippen molar-refractivity contribution in [2.75, 3.05) is 26.3 Å². The van der Waals surface area contributed by atoms with Gasteiger partial charge < -0.3 is 24.8 Å². The van der Waals surface area contributed by atoms with Gasteiger partial charge in [-0.1, -0.05) is 30.3 Å². The van der Waals surface area contributed by atoms with Crippen LogP contribution in [0.15, 0.2) is 30.3 Å². The van der Waals surface area contributed by atoms with Gasteiger partial charge in [-0.25, -0.2) is 4.79 Å². The third-order valence-corrected chi connectivity index (χ3v) is 4.50. The maximum absolute atomic E-state index is 12.8. The average Bonchev–Trinajstić information content (AvgIpc) is 3.47. The molecule has 2 aliphatic rings. The fraction of sp³-hybridized carbons (Fsp3) is 0.500. The van der Waals surface area contributed by atoms with Crippen molar-refractivity contribution in [3.63, 3.8) is 0 Å². The van der Waals surface area contributed by atoms with E-state index in [4.69, 9.17) is 14.6 Å². The first kappa shape index (κ1) is 18.3. The number of benzene rings is 1. The topological polar surface area (TPSA) is 108 Å². The molecular formula is C18H22N2O6. The van der Waals surface area contributed by atoms with E-state index < -0.39 is 30.1 Å². The Hall–Kier alpha value is -2.45. The van der Waals surface area contributed by atoms with Crippen LogP contribution in [0.1, 0.15) is 12.0 Å². The molecule has 3 atom stereocenters. The van der Waals surface area contributed by atoms with Crippen molar-refractivity contribution in [3.05, 3.63) is 35.9 Å². The lowest BCUT2D eigenvalue weighted by Gasteiger charge is -2.30. The fourth-order valence-corrected chi connectivity index (χ4v) is 2.97. The Morgan fingerprint density at radius 2 is 1.85 bits per heavy atom. The van der Waals surface area contributed by atoms with Crippen molar-refractivity contribution in [1.82, 2.24) is 10.2 Å². The number of ether oxygens (including phenoxy) is 2. The van der Waals surface area contributed by atoms with Crippen LogP contribution in [0.5, 0.6) is 0 Å². The lowest BCUT2D eigenvalue weighted by atomic mass is 10.0. The largest absolute Gasteiger partial charge is 0.479 e. The van der Waals surface area contributed by atoms with Crippen molar-refractivity contribution in [1.29, 1.82) is 0 Å². The summed E-state index contributed by atoms with van der Waals surface area (Å²) in [6, 6.07) is 8.95. The molecule has 2 N–H and O–H groups in total. The predicted octanol–water partition coefficient (Wildman–Crippen LogP) is -0.185. The molecule has 1 aromatic carbocycles. The van der Waals surface area contributed by atoms with Crippen molar-refractivity contribution in [3.8, 4) is 0 Å². The van der Waals surface area contributed by atoms with Crippen molar-refractivity contribution >= 4 is 17.8 Å². The van der Waals surface area contributed by atoms with Crippen LogP contribution < -0.4 is 5.32 Å². The van der Waals surface area contributed by atoms with Gasteiger partial charge in [0.15, 0.2) is 12.2 Å². The van der Waals surface area contributed by atoms with E-state index in [-0.39, 0.29) is 5.91 Å². The van der Waals surface area contributed by atoms with E-state index in [1.165, 1.54) is 0 Å². The number of carbonyl (C=O) groups is 3. The molecule has 0 spiro atoms. The number of carbonyl (C=O) groups excluding carboxylic acids is 2. The van der Waals surface area contributed by atoms with Crippen LogP contribution in [0.25, 0.3) is 0 Å². The minimum absolute atomic E-state index is 0.176. The molecule has 0 radical (unpaired) electrons. The predicted molar refractivity (Wildman–Crippen MR) is 90.4 cm³/mol. The number of aryl methyl sites for hydroxylation is 1. The Kier molecular flexibility index (Phi) is 5.85. The molecule has 0 aliphatic carbocycles. The van der Waals surface area contributed by atoms with Gasteiger partial charge in [-0.15, -0.1) is 0 Å². The van der Waals surface area contributed by atoms with Crippen LogP contribution in [-0.2, 0) is 30.3 Å². The average molecular weight is 362 g/mol. The molecule has 3 rings (SSSR count). The van der Waals surface area contributed by atoms with E-state index in [2.05, 4.69) is 5.32 Å². The fourth-order valence-electron chi connectivity index (χ4n) is 2.97. The monoisotopic (exact) mass is 362 g/mol. The summed E-state index contributed by atoms with van der Waals surface area (Å²) >= 11 is 0. The molecule has 0 saturated carbocycles. The number of carboxylic acid groups (broad SMARTS) is 1. The zero-order valence-electron chi connectivity index (χ0n) is 14.3. The first-order valence-electron chi connectivity index (χ1n) is 8.65. The highest BCUT2D eigenvalue weighted by Crippen LogP contribution is 2.22. The zero-order chi connectivity index (χ0) is 18.5. The van der Waals surface area contributed by atoms with E-state index in [1.807, 2.05) is 30.3 Å². The quantitative estimate of drug-likeness (QED) is 0.651. The number of amides is 2. The molecule has 0 bridgehead atoms. The molecule has 2 amide bonds. The number of aliphatic carboxylic acids is 1. The summed E-state index contributed by atoms with van der Waals surface area (Å²) in [6.45, 7) is 1.90. The highest BCUT2D eigenvalue weighted by molar-refractivity contribution is 5.95. The second-order valence-electron chi connectivity index (χ2n) is 6.34. The van der Waals surface area contributed by atoms with Gasteiger partial charge in [-0.2, -0.15) is 0 Å². The minimum atomic E-state index is -1.18. The van der Waals surface area contributed by atoms with E-state index in [1.54, 1.807) is 4.90 Å². The second kappa shape index (κ2) is 8.29. The SMILES string of the molecule is O=C(O)[C@H]1O[C@@H]1C(=O)N[C@@H](CCc1ccccc1)C(=O)N1CCOCC1. The molecule has 2 aliphatic heterocycles. The van der Waals surface area contributed by atoms with Crippen LogP contribution in [0.3, 0.4) is 0 Å². The van der Waals surface area contributed by atoms with Crippen LogP contribution in [-0.4, -0.2) is 72.3 Å². The molecule has 8 heteroatoms. The summed E-state index contributed by atoms with van der Waals surface area (Å²) in [5.41, 5.74) is 1.06. The number of hydrogen-bond donors (Lipinski definition) is 2. The smallest absolute Gasteiger partial charge is 0.336 e. The summed E-state index contributed by atoms with van der Waals surface area (Å²) in [5, 5.41) is 11.5. The van der Waals surface area contributed by atoms with Gasteiger partial charge >= 0.3 is 5.97 Å². The Balaban J connectivity index is 1.63. The van der Waals surface area contributed by atoms with Crippen molar-refractivity contribution < 1.29 is 29.0 Å².